The molecule has 6 heteroatoms. The Bertz CT molecular complexity index is 1500. The first kappa shape index (κ1) is 23.5. The predicted molar refractivity (Wildman–Crippen MR) is 145 cm³/mol. The molecule has 3 aromatic carbocycles. The van der Waals surface area contributed by atoms with Gasteiger partial charge in [-0.2, -0.15) is 0 Å². The van der Waals surface area contributed by atoms with Crippen LogP contribution in [0.3, 0.4) is 0 Å². The van der Waals surface area contributed by atoms with Crippen LogP contribution in [0.4, 0.5) is 0 Å². The zero-order valence-electron chi connectivity index (χ0n) is 19.6. The van der Waals surface area contributed by atoms with Crippen LogP contribution in [0.15, 0.2) is 93.0 Å². The van der Waals surface area contributed by atoms with Gasteiger partial charge in [0.2, 0.25) is 0 Å². The van der Waals surface area contributed by atoms with Crippen molar-refractivity contribution in [3.05, 3.63) is 100 Å². The van der Waals surface area contributed by atoms with Crippen molar-refractivity contribution in [3.8, 4) is 11.5 Å². The monoisotopic (exact) mass is 502 g/mol. The number of aromatic hydroxyl groups is 1. The number of ether oxygens (including phenoxy) is 1. The molecule has 0 amide bonds. The molecule has 178 valence electrons. The van der Waals surface area contributed by atoms with Crippen LogP contribution in [0.25, 0.3) is 20.4 Å². The molecule has 5 aromatic rings. The van der Waals surface area contributed by atoms with E-state index in [4.69, 9.17) is 9.15 Å². The first-order valence-corrected chi connectivity index (χ1v) is 13.3. The fourth-order valence-electron chi connectivity index (χ4n) is 4.08. The molecular formula is C29H26O4S2. The van der Waals surface area contributed by atoms with Crippen LogP contribution in [-0.2, 0) is 6.61 Å². The van der Waals surface area contributed by atoms with Crippen LogP contribution in [0, 0.1) is 5.92 Å². The molecule has 0 saturated carbocycles. The first-order valence-electron chi connectivity index (χ1n) is 11.6. The van der Waals surface area contributed by atoms with Crippen molar-refractivity contribution >= 4 is 43.5 Å². The van der Waals surface area contributed by atoms with E-state index >= 15 is 0 Å². The van der Waals surface area contributed by atoms with Gasteiger partial charge >= 0.3 is 5.63 Å². The van der Waals surface area contributed by atoms with Crippen LogP contribution in [0.2, 0.25) is 0 Å². The number of thioether (sulfide) groups is 1. The molecular weight excluding hydrogens is 476 g/mol. The second kappa shape index (κ2) is 10.2. The summed E-state index contributed by atoms with van der Waals surface area (Å²) in [4.78, 5) is 13.3. The van der Waals surface area contributed by atoms with Gasteiger partial charge in [-0.1, -0.05) is 74.5 Å². The Kier molecular flexibility index (Phi) is 6.84. The summed E-state index contributed by atoms with van der Waals surface area (Å²) in [7, 11) is 0. The Labute approximate surface area is 212 Å². The molecule has 0 fully saturated rings. The minimum absolute atomic E-state index is 0.00103. The topological polar surface area (TPSA) is 59.7 Å². The lowest BCUT2D eigenvalue weighted by Gasteiger charge is -2.19. The third-order valence-electron chi connectivity index (χ3n) is 5.79. The van der Waals surface area contributed by atoms with Gasteiger partial charge in [0.05, 0.1) is 0 Å². The van der Waals surface area contributed by atoms with Crippen molar-refractivity contribution in [3.63, 3.8) is 0 Å². The molecule has 0 aliphatic rings. The molecule has 35 heavy (non-hydrogen) atoms. The molecule has 2 aromatic heterocycles. The zero-order chi connectivity index (χ0) is 24.4. The van der Waals surface area contributed by atoms with Crippen molar-refractivity contribution in [2.24, 2.45) is 5.92 Å². The molecule has 0 saturated heterocycles. The SMILES string of the molecule is CC(C)CC(Sc1c(O)c2sc3ccc(OCc4ccccc4)cc3c2oc1=O)c1ccccc1. The molecule has 0 aliphatic carbocycles. The Balaban J connectivity index is 1.50. The second-order valence-electron chi connectivity index (χ2n) is 8.91. The number of benzene rings is 3. The Morgan fingerprint density at radius 2 is 1.71 bits per heavy atom. The van der Waals surface area contributed by atoms with Gasteiger partial charge in [-0.25, -0.2) is 4.79 Å². The van der Waals surface area contributed by atoms with E-state index in [0.717, 1.165) is 27.6 Å². The predicted octanol–water partition coefficient (Wildman–Crippen LogP) is 8.17. The Hall–Kier alpha value is -3.22. The molecule has 0 radical (unpaired) electrons. The lowest BCUT2D eigenvalue weighted by atomic mass is 10.0. The van der Waals surface area contributed by atoms with Crippen LogP contribution in [-0.4, -0.2) is 5.11 Å². The number of fused-ring (bicyclic) bond motifs is 3. The first-order chi connectivity index (χ1) is 17.0. The number of thiophene rings is 1. The summed E-state index contributed by atoms with van der Waals surface area (Å²) in [5.74, 6) is 1.12. The minimum Gasteiger partial charge on any atom is -0.505 e. The fourth-order valence-corrected chi connectivity index (χ4v) is 6.61. The van der Waals surface area contributed by atoms with Gasteiger partial charge in [-0.05, 0) is 41.7 Å². The molecule has 0 aliphatic heterocycles. The summed E-state index contributed by atoms with van der Waals surface area (Å²) in [6.45, 7) is 4.76. The van der Waals surface area contributed by atoms with Gasteiger partial charge in [0, 0.05) is 15.3 Å². The average Bonchev–Trinajstić information content (AvgIpc) is 3.23. The maximum Gasteiger partial charge on any atom is 0.353 e. The Morgan fingerprint density at radius 1 is 1.00 bits per heavy atom. The van der Waals surface area contributed by atoms with E-state index < -0.39 is 5.63 Å². The van der Waals surface area contributed by atoms with Crippen molar-refractivity contribution in [2.45, 2.75) is 37.0 Å². The highest BCUT2D eigenvalue weighted by Crippen LogP contribution is 2.47. The molecule has 1 atom stereocenters. The van der Waals surface area contributed by atoms with E-state index in [0.29, 0.717) is 28.6 Å². The Morgan fingerprint density at radius 3 is 2.43 bits per heavy atom. The van der Waals surface area contributed by atoms with E-state index in [-0.39, 0.29) is 15.9 Å². The van der Waals surface area contributed by atoms with E-state index in [1.165, 1.54) is 23.1 Å². The normalized spacial score (nSPS) is 12.4. The molecule has 5 rings (SSSR count). The average molecular weight is 503 g/mol. The highest BCUT2D eigenvalue weighted by atomic mass is 32.2. The number of hydrogen-bond acceptors (Lipinski definition) is 6. The standard InChI is InChI=1S/C29H26O4S2/c1-18(2)15-24(20-11-7-4-8-12-20)35-28-25(30)27-26(33-29(28)31)22-16-21(13-14-23(22)34-27)32-17-19-9-5-3-6-10-19/h3-14,16,18,24,30H,15,17H2,1-2H3. The van der Waals surface area contributed by atoms with Gasteiger partial charge in [0.15, 0.2) is 11.3 Å². The molecule has 1 unspecified atom stereocenters. The highest BCUT2D eigenvalue weighted by molar-refractivity contribution is 7.99. The van der Waals surface area contributed by atoms with Crippen LogP contribution in [0.1, 0.15) is 36.6 Å². The fraction of sp³-hybridized carbons (Fsp3) is 0.207. The van der Waals surface area contributed by atoms with Gasteiger partial charge in [-0.3, -0.25) is 0 Å². The largest absolute Gasteiger partial charge is 0.505 e. The van der Waals surface area contributed by atoms with Crippen LogP contribution < -0.4 is 10.4 Å². The maximum atomic E-state index is 13.1. The zero-order valence-corrected chi connectivity index (χ0v) is 21.2. The third kappa shape index (κ3) is 5.09. The third-order valence-corrected chi connectivity index (χ3v) is 8.29. The van der Waals surface area contributed by atoms with Gasteiger partial charge < -0.3 is 14.3 Å². The maximum absolute atomic E-state index is 13.1. The molecule has 1 N–H and O–H groups in total. The molecule has 0 bridgehead atoms. The summed E-state index contributed by atoms with van der Waals surface area (Å²) in [5.41, 5.74) is 2.09. The highest BCUT2D eigenvalue weighted by Gasteiger charge is 2.24. The van der Waals surface area contributed by atoms with Gasteiger partial charge in [0.25, 0.3) is 0 Å². The van der Waals surface area contributed by atoms with Crippen molar-refractivity contribution < 1.29 is 14.3 Å². The smallest absolute Gasteiger partial charge is 0.353 e. The molecule has 2 heterocycles. The summed E-state index contributed by atoms with van der Waals surface area (Å²) in [6.07, 6.45) is 0.875. The van der Waals surface area contributed by atoms with Gasteiger partial charge in [0.1, 0.15) is 22.0 Å². The second-order valence-corrected chi connectivity index (χ2v) is 11.2. The minimum atomic E-state index is -0.514. The molecule has 4 nitrogen and oxygen atoms in total. The van der Waals surface area contributed by atoms with E-state index in [1.807, 2.05) is 66.7 Å². The van der Waals surface area contributed by atoms with E-state index in [1.54, 1.807) is 0 Å². The van der Waals surface area contributed by atoms with Crippen molar-refractivity contribution in [1.82, 2.24) is 0 Å². The van der Waals surface area contributed by atoms with Crippen LogP contribution in [0.5, 0.6) is 11.5 Å². The summed E-state index contributed by atoms with van der Waals surface area (Å²) in [6, 6.07) is 25.8. The van der Waals surface area contributed by atoms with E-state index in [2.05, 4.69) is 26.0 Å². The number of rotatable bonds is 8. The lowest BCUT2D eigenvalue weighted by molar-refractivity contribution is 0.306. The van der Waals surface area contributed by atoms with Crippen LogP contribution >= 0.6 is 23.1 Å². The van der Waals surface area contributed by atoms with Gasteiger partial charge in [-0.15, -0.1) is 23.1 Å². The quantitative estimate of drug-likeness (QED) is 0.217. The summed E-state index contributed by atoms with van der Waals surface area (Å²) in [5, 5.41) is 12.0. The summed E-state index contributed by atoms with van der Waals surface area (Å²) < 4.78 is 13.3. The number of hydrogen-bond donors (Lipinski definition) is 1. The lowest BCUT2D eigenvalue weighted by Crippen LogP contribution is -2.06. The molecule has 0 spiro atoms. The van der Waals surface area contributed by atoms with Crippen molar-refractivity contribution in [1.29, 1.82) is 0 Å². The summed E-state index contributed by atoms with van der Waals surface area (Å²) >= 11 is 2.80. The van der Waals surface area contributed by atoms with E-state index in [9.17, 15) is 9.90 Å². The van der Waals surface area contributed by atoms with Crippen molar-refractivity contribution in [2.75, 3.05) is 0 Å².